The number of thiophene rings is 1. The molecule has 10 heteroatoms. The molecule has 3 aromatic rings. The molecule has 1 aliphatic carbocycles. The number of esters is 1. The molecule has 0 bridgehead atoms. The second kappa shape index (κ2) is 10.1. The zero-order valence-corrected chi connectivity index (χ0v) is 19.7. The van der Waals surface area contributed by atoms with Gasteiger partial charge in [-0.05, 0) is 55.7 Å². The fourth-order valence-corrected chi connectivity index (χ4v) is 4.35. The third-order valence-corrected chi connectivity index (χ3v) is 6.40. The monoisotopic (exact) mass is 482 g/mol. The van der Waals surface area contributed by atoms with Crippen LogP contribution in [0.4, 0.5) is 5.69 Å². The van der Waals surface area contributed by atoms with Crippen LogP contribution < -0.4 is 10.6 Å². The Morgan fingerprint density at radius 3 is 2.70 bits per heavy atom. The molecule has 0 spiro atoms. The lowest BCUT2D eigenvalue weighted by Crippen LogP contribution is -2.25. The summed E-state index contributed by atoms with van der Waals surface area (Å²) in [5, 5.41) is 7.98. The molecule has 0 unspecified atom stereocenters. The average molecular weight is 483 g/mol. The van der Waals surface area contributed by atoms with E-state index in [0.29, 0.717) is 27.8 Å². The summed E-state index contributed by atoms with van der Waals surface area (Å²) in [6.45, 7) is 1.24. The number of hydrogen-bond acceptors (Lipinski definition) is 8. The zero-order chi connectivity index (χ0) is 23.4. The van der Waals surface area contributed by atoms with Crippen LogP contribution >= 0.6 is 23.1 Å². The number of aromatic nitrogens is 2. The Kier molecular flexibility index (Phi) is 7.05. The first-order valence-electron chi connectivity index (χ1n) is 10.3. The van der Waals surface area contributed by atoms with E-state index in [1.54, 1.807) is 31.2 Å². The maximum absolute atomic E-state index is 12.7. The van der Waals surface area contributed by atoms with Gasteiger partial charge in [-0.25, -0.2) is 14.8 Å². The molecule has 1 aromatic carbocycles. The number of nitrogens with zero attached hydrogens (tertiary/aromatic N) is 2. The molecule has 2 amide bonds. The first kappa shape index (κ1) is 22.9. The second-order valence-corrected chi connectivity index (χ2v) is 9.19. The Morgan fingerprint density at radius 1 is 1.18 bits per heavy atom. The van der Waals surface area contributed by atoms with Crippen molar-refractivity contribution in [2.24, 2.45) is 0 Å². The van der Waals surface area contributed by atoms with E-state index in [-0.39, 0.29) is 17.5 Å². The van der Waals surface area contributed by atoms with E-state index in [2.05, 4.69) is 20.6 Å². The van der Waals surface area contributed by atoms with Crippen LogP contribution in [0.5, 0.6) is 0 Å². The Bertz CT molecular complexity index is 1190. The van der Waals surface area contributed by atoms with E-state index >= 15 is 0 Å². The number of benzene rings is 1. The molecular weight excluding hydrogens is 460 g/mol. The summed E-state index contributed by atoms with van der Waals surface area (Å²) in [5.74, 6) is -0.803. The van der Waals surface area contributed by atoms with Gasteiger partial charge in [-0.3, -0.25) is 9.59 Å². The summed E-state index contributed by atoms with van der Waals surface area (Å²) in [4.78, 5) is 47.1. The van der Waals surface area contributed by atoms with Crippen molar-refractivity contribution >= 4 is 46.6 Å². The number of carbonyl (C=O) groups is 3. The Labute approximate surface area is 199 Å². The van der Waals surface area contributed by atoms with Crippen molar-refractivity contribution in [2.75, 3.05) is 18.2 Å². The van der Waals surface area contributed by atoms with Crippen LogP contribution in [-0.4, -0.2) is 46.7 Å². The highest BCUT2D eigenvalue weighted by Gasteiger charge is 2.24. The molecule has 0 aliphatic heterocycles. The van der Waals surface area contributed by atoms with E-state index in [9.17, 15) is 14.4 Å². The van der Waals surface area contributed by atoms with Gasteiger partial charge in [-0.15, -0.1) is 23.1 Å². The number of hydrogen-bond donors (Lipinski definition) is 2. The molecular formula is C23H22N4O4S2. The Balaban J connectivity index is 1.38. The fourth-order valence-electron chi connectivity index (χ4n) is 3.08. The van der Waals surface area contributed by atoms with Gasteiger partial charge in [0, 0.05) is 17.3 Å². The van der Waals surface area contributed by atoms with Crippen molar-refractivity contribution < 1.29 is 19.1 Å². The highest BCUT2D eigenvalue weighted by molar-refractivity contribution is 7.98. The highest BCUT2D eigenvalue weighted by Crippen LogP contribution is 2.27. The number of ether oxygens (including phenoxy) is 1. The van der Waals surface area contributed by atoms with Gasteiger partial charge in [-0.2, -0.15) is 0 Å². The standard InChI is InChI=1S/C23H22N4O4S2/c1-13-19(22(32-2)27-20(24-13)17-7-4-10-33-17)23(30)31-12-18(28)25-16-6-3-5-14(11-16)21(29)26-15-8-9-15/h3-7,10-11,15H,8-9,12H2,1-2H3,(H,25,28)(H,26,29). The molecule has 2 heterocycles. The lowest BCUT2D eigenvalue weighted by atomic mass is 10.2. The van der Waals surface area contributed by atoms with Crippen molar-refractivity contribution in [3.05, 3.63) is 58.6 Å². The molecule has 0 atom stereocenters. The minimum Gasteiger partial charge on any atom is -0.452 e. The minimum absolute atomic E-state index is 0.175. The van der Waals surface area contributed by atoms with Crippen molar-refractivity contribution in [2.45, 2.75) is 30.8 Å². The SMILES string of the molecule is CSc1nc(-c2cccs2)nc(C)c1C(=O)OCC(=O)Nc1cccc(C(=O)NC2CC2)c1. The molecule has 0 radical (unpaired) electrons. The summed E-state index contributed by atoms with van der Waals surface area (Å²) in [5.41, 5.74) is 1.64. The molecule has 1 fully saturated rings. The third kappa shape index (κ3) is 5.77. The summed E-state index contributed by atoms with van der Waals surface area (Å²) >= 11 is 2.83. The van der Waals surface area contributed by atoms with Gasteiger partial charge < -0.3 is 15.4 Å². The van der Waals surface area contributed by atoms with Crippen LogP contribution in [0, 0.1) is 6.92 Å². The lowest BCUT2D eigenvalue weighted by molar-refractivity contribution is -0.119. The van der Waals surface area contributed by atoms with Crippen LogP contribution in [0.15, 0.2) is 46.8 Å². The zero-order valence-electron chi connectivity index (χ0n) is 18.1. The molecule has 0 saturated heterocycles. The van der Waals surface area contributed by atoms with E-state index in [1.807, 2.05) is 23.8 Å². The van der Waals surface area contributed by atoms with Crippen molar-refractivity contribution in [1.29, 1.82) is 0 Å². The fraction of sp³-hybridized carbons (Fsp3) is 0.261. The van der Waals surface area contributed by atoms with Gasteiger partial charge in [0.15, 0.2) is 12.4 Å². The number of anilines is 1. The van der Waals surface area contributed by atoms with E-state index in [4.69, 9.17) is 4.74 Å². The topological polar surface area (TPSA) is 110 Å². The van der Waals surface area contributed by atoms with Gasteiger partial charge in [0.05, 0.1) is 10.6 Å². The highest BCUT2D eigenvalue weighted by atomic mass is 32.2. The minimum atomic E-state index is -0.665. The molecule has 170 valence electrons. The van der Waals surface area contributed by atoms with Crippen molar-refractivity contribution in [3.63, 3.8) is 0 Å². The number of thioether (sulfide) groups is 1. The molecule has 2 N–H and O–H groups in total. The average Bonchev–Trinajstić information content (AvgIpc) is 3.44. The van der Waals surface area contributed by atoms with Crippen LogP contribution in [0.3, 0.4) is 0 Å². The van der Waals surface area contributed by atoms with Gasteiger partial charge >= 0.3 is 5.97 Å². The van der Waals surface area contributed by atoms with Gasteiger partial charge in [-0.1, -0.05) is 12.1 Å². The molecule has 1 saturated carbocycles. The number of amides is 2. The van der Waals surface area contributed by atoms with Crippen molar-refractivity contribution in [1.82, 2.24) is 15.3 Å². The predicted octanol–water partition coefficient (Wildman–Crippen LogP) is 3.92. The first-order valence-corrected chi connectivity index (χ1v) is 12.4. The van der Waals surface area contributed by atoms with Crippen LogP contribution in [0.2, 0.25) is 0 Å². The molecule has 2 aromatic heterocycles. The molecule has 1 aliphatic rings. The van der Waals surface area contributed by atoms with Gasteiger partial charge in [0.25, 0.3) is 11.8 Å². The molecule has 33 heavy (non-hydrogen) atoms. The Hall–Kier alpha value is -3.24. The predicted molar refractivity (Wildman–Crippen MR) is 128 cm³/mol. The number of nitrogens with one attached hydrogen (secondary N) is 2. The van der Waals surface area contributed by atoms with Crippen LogP contribution in [0.25, 0.3) is 10.7 Å². The largest absolute Gasteiger partial charge is 0.452 e. The number of carbonyl (C=O) groups excluding carboxylic acids is 3. The lowest BCUT2D eigenvalue weighted by Gasteiger charge is -2.12. The number of aryl methyl sites for hydroxylation is 1. The molecule has 8 nitrogen and oxygen atoms in total. The Morgan fingerprint density at radius 2 is 2.00 bits per heavy atom. The third-order valence-electron chi connectivity index (χ3n) is 4.85. The second-order valence-electron chi connectivity index (χ2n) is 7.45. The summed E-state index contributed by atoms with van der Waals surface area (Å²) < 4.78 is 5.23. The van der Waals surface area contributed by atoms with Crippen molar-refractivity contribution in [3.8, 4) is 10.7 Å². The van der Waals surface area contributed by atoms with E-state index < -0.39 is 18.5 Å². The first-order chi connectivity index (χ1) is 15.9. The summed E-state index contributed by atoms with van der Waals surface area (Å²) in [7, 11) is 0. The normalized spacial score (nSPS) is 12.8. The van der Waals surface area contributed by atoms with Crippen LogP contribution in [-0.2, 0) is 9.53 Å². The van der Waals surface area contributed by atoms with E-state index in [0.717, 1.165) is 17.7 Å². The van der Waals surface area contributed by atoms with Crippen LogP contribution in [0.1, 0.15) is 39.3 Å². The smallest absolute Gasteiger partial charge is 0.343 e. The van der Waals surface area contributed by atoms with Gasteiger partial charge in [0.2, 0.25) is 0 Å². The van der Waals surface area contributed by atoms with E-state index in [1.165, 1.54) is 23.1 Å². The number of rotatable bonds is 8. The maximum Gasteiger partial charge on any atom is 0.343 e. The van der Waals surface area contributed by atoms with Gasteiger partial charge in [0.1, 0.15) is 10.6 Å². The maximum atomic E-state index is 12.7. The molecule has 4 rings (SSSR count). The summed E-state index contributed by atoms with van der Waals surface area (Å²) in [6.07, 6.45) is 3.80. The summed E-state index contributed by atoms with van der Waals surface area (Å²) in [6, 6.07) is 10.7. The quantitative estimate of drug-likeness (QED) is 0.284.